The summed E-state index contributed by atoms with van der Waals surface area (Å²) in [4.78, 5) is 16.6. The molecule has 0 aliphatic heterocycles. The SMILES string of the molecule is Cc1ccccc1NC(=O)c1ccc(NCc2ccccc2Cl)nc1. The highest BCUT2D eigenvalue weighted by Crippen LogP contribution is 2.17. The summed E-state index contributed by atoms with van der Waals surface area (Å²) in [6.45, 7) is 2.52. The number of carbonyl (C=O) groups is 1. The molecule has 0 aliphatic carbocycles. The smallest absolute Gasteiger partial charge is 0.257 e. The summed E-state index contributed by atoms with van der Waals surface area (Å²) in [6, 6.07) is 18.8. The molecular weight excluding hydrogens is 334 g/mol. The van der Waals surface area contributed by atoms with E-state index in [9.17, 15) is 4.79 Å². The van der Waals surface area contributed by atoms with Crippen molar-refractivity contribution >= 4 is 29.0 Å². The molecule has 0 radical (unpaired) electrons. The van der Waals surface area contributed by atoms with E-state index >= 15 is 0 Å². The van der Waals surface area contributed by atoms with E-state index in [4.69, 9.17) is 11.6 Å². The van der Waals surface area contributed by atoms with Gasteiger partial charge in [-0.15, -0.1) is 0 Å². The van der Waals surface area contributed by atoms with Crippen molar-refractivity contribution in [2.45, 2.75) is 13.5 Å². The van der Waals surface area contributed by atoms with Gasteiger partial charge in [0, 0.05) is 23.5 Å². The highest BCUT2D eigenvalue weighted by Gasteiger charge is 2.08. The normalized spacial score (nSPS) is 10.3. The van der Waals surface area contributed by atoms with Crippen LogP contribution in [0.15, 0.2) is 66.9 Å². The number of para-hydroxylation sites is 1. The van der Waals surface area contributed by atoms with Crippen LogP contribution in [-0.2, 0) is 6.54 Å². The Bertz CT molecular complexity index is 878. The Morgan fingerprint density at radius 3 is 2.52 bits per heavy atom. The average molecular weight is 352 g/mol. The molecule has 0 fully saturated rings. The lowest BCUT2D eigenvalue weighted by atomic mass is 10.2. The molecule has 0 bridgehead atoms. The molecule has 0 saturated carbocycles. The summed E-state index contributed by atoms with van der Waals surface area (Å²) >= 11 is 6.13. The van der Waals surface area contributed by atoms with Gasteiger partial charge in [0.1, 0.15) is 5.82 Å². The van der Waals surface area contributed by atoms with E-state index < -0.39 is 0 Å². The Balaban J connectivity index is 1.63. The first-order valence-corrected chi connectivity index (χ1v) is 8.31. The Labute approximate surface area is 151 Å². The number of halogens is 1. The Hall–Kier alpha value is -2.85. The number of hydrogen-bond acceptors (Lipinski definition) is 3. The van der Waals surface area contributed by atoms with Crippen molar-refractivity contribution in [1.29, 1.82) is 0 Å². The maximum absolute atomic E-state index is 12.3. The molecule has 5 heteroatoms. The number of nitrogens with one attached hydrogen (secondary N) is 2. The Kier molecular flexibility index (Phi) is 5.31. The van der Waals surface area contributed by atoms with Gasteiger partial charge in [-0.2, -0.15) is 0 Å². The highest BCUT2D eigenvalue weighted by atomic mass is 35.5. The van der Waals surface area contributed by atoms with E-state index in [1.165, 1.54) is 0 Å². The van der Waals surface area contributed by atoms with Crippen molar-refractivity contribution in [2.24, 2.45) is 0 Å². The van der Waals surface area contributed by atoms with E-state index in [1.54, 1.807) is 18.3 Å². The molecular formula is C20H18ClN3O. The van der Waals surface area contributed by atoms with Crippen LogP contribution in [0.5, 0.6) is 0 Å². The minimum absolute atomic E-state index is 0.181. The molecule has 1 heterocycles. The van der Waals surface area contributed by atoms with E-state index in [0.717, 1.165) is 16.8 Å². The second-order valence-corrected chi connectivity index (χ2v) is 6.05. The maximum Gasteiger partial charge on any atom is 0.257 e. The van der Waals surface area contributed by atoms with E-state index in [1.807, 2.05) is 55.5 Å². The number of pyridine rings is 1. The molecule has 126 valence electrons. The number of amides is 1. The summed E-state index contributed by atoms with van der Waals surface area (Å²) < 4.78 is 0. The average Bonchev–Trinajstić information content (AvgIpc) is 2.63. The zero-order chi connectivity index (χ0) is 17.6. The van der Waals surface area contributed by atoms with Gasteiger partial charge in [-0.05, 0) is 42.3 Å². The van der Waals surface area contributed by atoms with Gasteiger partial charge >= 0.3 is 0 Å². The van der Waals surface area contributed by atoms with Gasteiger partial charge in [-0.1, -0.05) is 48.0 Å². The van der Waals surface area contributed by atoms with Gasteiger partial charge in [0.15, 0.2) is 0 Å². The van der Waals surface area contributed by atoms with Gasteiger partial charge in [-0.3, -0.25) is 4.79 Å². The zero-order valence-corrected chi connectivity index (χ0v) is 14.5. The summed E-state index contributed by atoms with van der Waals surface area (Å²) in [5.74, 6) is 0.506. The van der Waals surface area contributed by atoms with E-state index in [2.05, 4.69) is 15.6 Å². The van der Waals surface area contributed by atoms with Crippen LogP contribution >= 0.6 is 11.6 Å². The molecule has 0 saturated heterocycles. The number of benzene rings is 2. The first-order valence-electron chi connectivity index (χ1n) is 7.94. The van der Waals surface area contributed by atoms with Crippen LogP contribution in [0, 0.1) is 6.92 Å². The van der Waals surface area contributed by atoms with Crippen molar-refractivity contribution in [3.8, 4) is 0 Å². The lowest BCUT2D eigenvalue weighted by Gasteiger charge is -2.09. The molecule has 0 unspecified atom stereocenters. The fraction of sp³-hybridized carbons (Fsp3) is 0.100. The Morgan fingerprint density at radius 1 is 1.04 bits per heavy atom. The minimum Gasteiger partial charge on any atom is -0.366 e. The number of nitrogens with zero attached hydrogens (tertiary/aromatic N) is 1. The molecule has 1 aromatic heterocycles. The first-order chi connectivity index (χ1) is 12.1. The van der Waals surface area contributed by atoms with Crippen LogP contribution in [-0.4, -0.2) is 10.9 Å². The number of aromatic nitrogens is 1. The predicted molar refractivity (Wildman–Crippen MR) is 102 cm³/mol. The third kappa shape index (κ3) is 4.37. The van der Waals surface area contributed by atoms with Crippen molar-refractivity contribution < 1.29 is 4.79 Å². The fourth-order valence-corrected chi connectivity index (χ4v) is 2.57. The highest BCUT2D eigenvalue weighted by molar-refractivity contribution is 6.31. The van der Waals surface area contributed by atoms with Crippen molar-refractivity contribution in [3.63, 3.8) is 0 Å². The number of aryl methyl sites for hydroxylation is 1. The molecule has 1 amide bonds. The first kappa shape index (κ1) is 17.0. The third-order valence-corrected chi connectivity index (χ3v) is 4.21. The van der Waals surface area contributed by atoms with Crippen molar-refractivity contribution in [1.82, 2.24) is 4.98 Å². The van der Waals surface area contributed by atoms with Crippen molar-refractivity contribution in [2.75, 3.05) is 10.6 Å². The second-order valence-electron chi connectivity index (χ2n) is 5.65. The fourth-order valence-electron chi connectivity index (χ4n) is 2.37. The van der Waals surface area contributed by atoms with Gasteiger partial charge in [0.2, 0.25) is 0 Å². The number of carbonyl (C=O) groups excluding carboxylic acids is 1. The van der Waals surface area contributed by atoms with Crippen LogP contribution in [0.4, 0.5) is 11.5 Å². The summed E-state index contributed by atoms with van der Waals surface area (Å²) in [5.41, 5.74) is 3.31. The summed E-state index contributed by atoms with van der Waals surface area (Å²) in [6.07, 6.45) is 1.56. The van der Waals surface area contributed by atoms with Gasteiger partial charge in [-0.25, -0.2) is 4.98 Å². The lowest BCUT2D eigenvalue weighted by Crippen LogP contribution is -2.13. The van der Waals surface area contributed by atoms with Crippen LogP contribution < -0.4 is 10.6 Å². The van der Waals surface area contributed by atoms with Crippen molar-refractivity contribution in [3.05, 3.63) is 88.6 Å². The van der Waals surface area contributed by atoms with Crippen LogP contribution in [0.25, 0.3) is 0 Å². The van der Waals surface area contributed by atoms with E-state index in [-0.39, 0.29) is 5.91 Å². The summed E-state index contributed by atoms with van der Waals surface area (Å²) in [7, 11) is 0. The van der Waals surface area contributed by atoms with E-state index in [0.29, 0.717) is 22.9 Å². The maximum atomic E-state index is 12.3. The van der Waals surface area contributed by atoms with Crippen LogP contribution in [0.1, 0.15) is 21.5 Å². The minimum atomic E-state index is -0.181. The quantitative estimate of drug-likeness (QED) is 0.686. The topological polar surface area (TPSA) is 54.0 Å². The largest absolute Gasteiger partial charge is 0.366 e. The predicted octanol–water partition coefficient (Wildman–Crippen LogP) is 4.91. The molecule has 2 N–H and O–H groups in total. The second kappa shape index (κ2) is 7.81. The van der Waals surface area contributed by atoms with Gasteiger partial charge in [0.05, 0.1) is 5.56 Å². The molecule has 0 atom stereocenters. The zero-order valence-electron chi connectivity index (χ0n) is 13.8. The third-order valence-electron chi connectivity index (χ3n) is 3.84. The lowest BCUT2D eigenvalue weighted by molar-refractivity contribution is 0.102. The number of anilines is 2. The van der Waals surface area contributed by atoms with Gasteiger partial charge in [0.25, 0.3) is 5.91 Å². The molecule has 25 heavy (non-hydrogen) atoms. The molecule has 2 aromatic carbocycles. The number of rotatable bonds is 5. The van der Waals surface area contributed by atoms with Crippen LogP contribution in [0.3, 0.4) is 0 Å². The molecule has 4 nitrogen and oxygen atoms in total. The molecule has 0 spiro atoms. The molecule has 0 aliphatic rings. The van der Waals surface area contributed by atoms with Gasteiger partial charge < -0.3 is 10.6 Å². The molecule has 3 aromatic rings. The number of hydrogen-bond donors (Lipinski definition) is 2. The molecule has 3 rings (SSSR count). The van der Waals surface area contributed by atoms with Crippen LogP contribution in [0.2, 0.25) is 5.02 Å². The Morgan fingerprint density at radius 2 is 1.80 bits per heavy atom. The standard InChI is InChI=1S/C20H18ClN3O/c1-14-6-2-5-9-18(14)24-20(25)16-10-11-19(23-13-16)22-12-15-7-3-4-8-17(15)21/h2-11,13H,12H2,1H3,(H,22,23)(H,24,25). The monoisotopic (exact) mass is 351 g/mol. The summed E-state index contributed by atoms with van der Waals surface area (Å²) in [5, 5.41) is 6.81.